The van der Waals surface area contributed by atoms with Crippen molar-refractivity contribution in [1.29, 1.82) is 0 Å². The molecule has 1 amide bonds. The summed E-state index contributed by atoms with van der Waals surface area (Å²) < 4.78 is 0. The highest BCUT2D eigenvalue weighted by Crippen LogP contribution is 2.35. The summed E-state index contributed by atoms with van der Waals surface area (Å²) in [5, 5.41) is 8.51. The van der Waals surface area contributed by atoms with E-state index in [0.29, 0.717) is 0 Å². The molecule has 0 saturated heterocycles. The lowest BCUT2D eigenvalue weighted by molar-refractivity contribution is -0.138. The maximum atomic E-state index is 11.2. The molecule has 4 heteroatoms. The molecule has 4 nitrogen and oxygen atoms in total. The van der Waals surface area contributed by atoms with Crippen LogP contribution in [0.25, 0.3) is 0 Å². The summed E-state index contributed by atoms with van der Waals surface area (Å²) in [5.41, 5.74) is 1.06. The largest absolute Gasteiger partial charge is 0.481 e. The second-order valence-electron chi connectivity index (χ2n) is 3.91. The number of allylic oxidation sites excluding steroid dienone is 1. The van der Waals surface area contributed by atoms with E-state index in [1.165, 1.54) is 4.90 Å². The van der Waals surface area contributed by atoms with Crippen LogP contribution < -0.4 is 0 Å². The summed E-state index contributed by atoms with van der Waals surface area (Å²) in [5.74, 6) is -0.546. The summed E-state index contributed by atoms with van der Waals surface area (Å²) in [7, 11) is 3.40. The van der Waals surface area contributed by atoms with E-state index in [9.17, 15) is 9.59 Å². The second kappa shape index (κ2) is 4.26. The lowest BCUT2D eigenvalue weighted by Gasteiger charge is -2.27. The Kier molecular flexibility index (Phi) is 3.28. The zero-order valence-electron chi connectivity index (χ0n) is 8.49. The highest BCUT2D eigenvalue weighted by molar-refractivity contribution is 5.88. The third kappa shape index (κ3) is 2.87. The fourth-order valence-electron chi connectivity index (χ4n) is 1.49. The topological polar surface area (TPSA) is 57.6 Å². The Hall–Kier alpha value is -1.32. The molecular weight excluding hydrogens is 182 g/mol. The monoisotopic (exact) mass is 197 g/mol. The molecule has 1 aliphatic carbocycles. The molecule has 1 N–H and O–H groups in total. The molecule has 0 radical (unpaired) electrons. The van der Waals surface area contributed by atoms with E-state index in [0.717, 1.165) is 18.4 Å². The van der Waals surface area contributed by atoms with Crippen molar-refractivity contribution in [2.75, 3.05) is 14.1 Å². The molecule has 0 aromatic carbocycles. The van der Waals surface area contributed by atoms with Gasteiger partial charge in [-0.3, -0.25) is 9.59 Å². The van der Waals surface area contributed by atoms with Crippen molar-refractivity contribution in [3.63, 3.8) is 0 Å². The van der Waals surface area contributed by atoms with Crippen LogP contribution in [0.2, 0.25) is 0 Å². The molecule has 0 atom stereocenters. The van der Waals surface area contributed by atoms with Crippen LogP contribution >= 0.6 is 0 Å². The normalized spacial score (nSPS) is 19.9. The Morgan fingerprint density at radius 1 is 1.50 bits per heavy atom. The average Bonchev–Trinajstić information content (AvgIpc) is 1.99. The number of carboxylic acid groups (broad SMARTS) is 1. The zero-order chi connectivity index (χ0) is 10.7. The van der Waals surface area contributed by atoms with Crippen LogP contribution in [0.15, 0.2) is 11.6 Å². The number of carbonyl (C=O) groups excluding carboxylic acids is 1. The number of hydrogen-bond donors (Lipinski definition) is 1. The van der Waals surface area contributed by atoms with E-state index in [2.05, 4.69) is 0 Å². The van der Waals surface area contributed by atoms with Crippen molar-refractivity contribution in [2.24, 2.45) is 5.92 Å². The number of likely N-dealkylation sites (N-methyl/N-ethyl adjacent to an activating group) is 1. The number of carboxylic acids is 1. The molecule has 0 bridgehead atoms. The molecule has 1 aliphatic rings. The summed E-state index contributed by atoms with van der Waals surface area (Å²) in [6.07, 6.45) is 3.34. The lowest BCUT2D eigenvalue weighted by Crippen LogP contribution is -2.23. The summed E-state index contributed by atoms with van der Waals surface area (Å²) in [4.78, 5) is 23.1. The van der Waals surface area contributed by atoms with E-state index < -0.39 is 5.97 Å². The highest BCUT2D eigenvalue weighted by atomic mass is 16.4. The Morgan fingerprint density at radius 2 is 2.07 bits per heavy atom. The van der Waals surface area contributed by atoms with Crippen LogP contribution in [-0.4, -0.2) is 36.0 Å². The molecule has 1 rings (SSSR count). The molecule has 78 valence electrons. The van der Waals surface area contributed by atoms with Crippen molar-refractivity contribution in [3.05, 3.63) is 11.6 Å². The quantitative estimate of drug-likeness (QED) is 0.683. The van der Waals surface area contributed by atoms with Crippen molar-refractivity contribution in [3.8, 4) is 0 Å². The second-order valence-corrected chi connectivity index (χ2v) is 3.91. The maximum absolute atomic E-state index is 11.2. The van der Waals surface area contributed by atoms with Gasteiger partial charge in [-0.25, -0.2) is 0 Å². The minimum atomic E-state index is -0.756. The fraction of sp³-hybridized carbons (Fsp3) is 0.600. The first-order valence-electron chi connectivity index (χ1n) is 4.61. The summed E-state index contributed by atoms with van der Waals surface area (Å²) in [6.45, 7) is 0. The van der Waals surface area contributed by atoms with Gasteiger partial charge in [0.1, 0.15) is 0 Å². The Bertz CT molecular complexity index is 273. The maximum Gasteiger partial charge on any atom is 0.303 e. The van der Waals surface area contributed by atoms with Crippen LogP contribution in [0.3, 0.4) is 0 Å². The number of amides is 1. The summed E-state index contributed by atoms with van der Waals surface area (Å²) >= 11 is 0. The molecule has 0 unspecified atom stereocenters. The standard InChI is InChI=1S/C10H15NO3/c1-11(2)9(12)5-7-3-8(4-7)6-10(13)14/h5,8H,3-4,6H2,1-2H3,(H,13,14). The van der Waals surface area contributed by atoms with Gasteiger partial charge in [0.25, 0.3) is 0 Å². The van der Waals surface area contributed by atoms with Gasteiger partial charge in [0.05, 0.1) is 0 Å². The van der Waals surface area contributed by atoms with Crippen LogP contribution in [0, 0.1) is 5.92 Å². The van der Waals surface area contributed by atoms with E-state index in [1.54, 1.807) is 20.2 Å². The number of nitrogens with zero attached hydrogens (tertiary/aromatic N) is 1. The van der Waals surface area contributed by atoms with E-state index in [-0.39, 0.29) is 18.2 Å². The molecule has 0 spiro atoms. The van der Waals surface area contributed by atoms with Gasteiger partial charge in [0.15, 0.2) is 0 Å². The van der Waals surface area contributed by atoms with Crippen LogP contribution in [0.5, 0.6) is 0 Å². The van der Waals surface area contributed by atoms with Crippen LogP contribution in [-0.2, 0) is 9.59 Å². The molecule has 14 heavy (non-hydrogen) atoms. The van der Waals surface area contributed by atoms with Gasteiger partial charge in [-0.2, -0.15) is 0 Å². The third-order valence-corrected chi connectivity index (χ3v) is 2.33. The van der Waals surface area contributed by atoms with E-state index >= 15 is 0 Å². The molecule has 0 aromatic heterocycles. The van der Waals surface area contributed by atoms with Gasteiger partial charge in [-0.05, 0) is 18.8 Å². The van der Waals surface area contributed by atoms with Crippen molar-refractivity contribution < 1.29 is 14.7 Å². The number of carbonyl (C=O) groups is 2. The first kappa shape index (κ1) is 10.8. The average molecular weight is 197 g/mol. The fourth-order valence-corrected chi connectivity index (χ4v) is 1.49. The molecule has 0 aliphatic heterocycles. The van der Waals surface area contributed by atoms with Gasteiger partial charge in [0, 0.05) is 26.6 Å². The number of rotatable bonds is 3. The minimum Gasteiger partial charge on any atom is -0.481 e. The van der Waals surface area contributed by atoms with Gasteiger partial charge < -0.3 is 10.0 Å². The Labute approximate surface area is 83.2 Å². The van der Waals surface area contributed by atoms with Gasteiger partial charge in [-0.1, -0.05) is 5.57 Å². The predicted molar refractivity (Wildman–Crippen MR) is 51.8 cm³/mol. The smallest absolute Gasteiger partial charge is 0.303 e. The first-order valence-corrected chi connectivity index (χ1v) is 4.61. The number of hydrogen-bond acceptors (Lipinski definition) is 2. The van der Waals surface area contributed by atoms with Gasteiger partial charge in [-0.15, -0.1) is 0 Å². The SMILES string of the molecule is CN(C)C(=O)C=C1CC(CC(=O)O)C1. The molecule has 1 fully saturated rings. The van der Waals surface area contributed by atoms with Gasteiger partial charge >= 0.3 is 5.97 Å². The zero-order valence-corrected chi connectivity index (χ0v) is 8.49. The molecule has 0 heterocycles. The van der Waals surface area contributed by atoms with Crippen molar-refractivity contribution in [2.45, 2.75) is 19.3 Å². The van der Waals surface area contributed by atoms with E-state index in [4.69, 9.17) is 5.11 Å². The Morgan fingerprint density at radius 3 is 2.50 bits per heavy atom. The van der Waals surface area contributed by atoms with Crippen LogP contribution in [0.4, 0.5) is 0 Å². The van der Waals surface area contributed by atoms with Crippen LogP contribution in [0.1, 0.15) is 19.3 Å². The van der Waals surface area contributed by atoms with Gasteiger partial charge in [0.2, 0.25) is 5.91 Å². The molecule has 1 saturated carbocycles. The third-order valence-electron chi connectivity index (χ3n) is 2.33. The van der Waals surface area contributed by atoms with Crippen molar-refractivity contribution in [1.82, 2.24) is 4.90 Å². The number of aliphatic carboxylic acids is 1. The first-order chi connectivity index (χ1) is 6.49. The summed E-state index contributed by atoms with van der Waals surface area (Å²) in [6, 6.07) is 0. The Balaban J connectivity index is 2.33. The molecule has 0 aromatic rings. The molecular formula is C10H15NO3. The van der Waals surface area contributed by atoms with Crippen molar-refractivity contribution >= 4 is 11.9 Å². The lowest BCUT2D eigenvalue weighted by atomic mass is 9.78. The predicted octanol–water partition coefficient (Wildman–Crippen LogP) is 0.886. The highest BCUT2D eigenvalue weighted by Gasteiger charge is 2.25. The minimum absolute atomic E-state index is 0.0197. The van der Waals surface area contributed by atoms with E-state index in [1.807, 2.05) is 0 Å².